The second kappa shape index (κ2) is 9.22. The van der Waals surface area contributed by atoms with E-state index in [-0.39, 0.29) is 5.56 Å². The van der Waals surface area contributed by atoms with Gasteiger partial charge in [-0.15, -0.1) is 0 Å². The number of nitrogens with zero attached hydrogens (tertiary/aromatic N) is 6. The fourth-order valence-corrected chi connectivity index (χ4v) is 4.04. The van der Waals surface area contributed by atoms with E-state index in [0.717, 1.165) is 34.4 Å². The van der Waals surface area contributed by atoms with Crippen molar-refractivity contribution in [3.8, 4) is 11.4 Å². The molecule has 35 heavy (non-hydrogen) atoms. The second-order valence-corrected chi connectivity index (χ2v) is 8.03. The molecule has 174 valence electrons. The number of aryl methyl sites for hydroxylation is 2. The summed E-state index contributed by atoms with van der Waals surface area (Å²) < 4.78 is 3.59. The van der Waals surface area contributed by atoms with E-state index in [4.69, 9.17) is 5.73 Å². The highest BCUT2D eigenvalue weighted by Gasteiger charge is 2.14. The van der Waals surface area contributed by atoms with Crippen molar-refractivity contribution < 1.29 is 0 Å². The predicted octanol–water partition coefficient (Wildman–Crippen LogP) is 3.98. The third-order valence-electron chi connectivity index (χ3n) is 5.69. The first-order chi connectivity index (χ1) is 17.1. The fraction of sp³-hybridized carbons (Fsp3) is 0.115. The maximum absolute atomic E-state index is 13.4. The molecule has 0 fully saturated rings. The molecule has 9 heteroatoms. The molecule has 0 saturated carbocycles. The second-order valence-electron chi connectivity index (χ2n) is 8.03. The van der Waals surface area contributed by atoms with Gasteiger partial charge in [0, 0.05) is 17.6 Å². The molecular formula is C26H24N8O. The minimum Gasteiger partial charge on any atom is -0.382 e. The minimum atomic E-state index is -0.00990. The van der Waals surface area contributed by atoms with E-state index in [1.165, 1.54) is 12.7 Å². The van der Waals surface area contributed by atoms with E-state index in [0.29, 0.717) is 22.4 Å². The van der Waals surface area contributed by atoms with Gasteiger partial charge >= 0.3 is 0 Å². The lowest BCUT2D eigenvalue weighted by atomic mass is 10.1. The molecule has 2 aromatic carbocycles. The van der Waals surface area contributed by atoms with Crippen LogP contribution >= 0.6 is 0 Å². The first-order valence-electron chi connectivity index (χ1n) is 11.2. The quantitative estimate of drug-likeness (QED) is 0.409. The number of hydrogen-bond acceptors (Lipinski definition) is 6. The zero-order chi connectivity index (χ0) is 24.4. The average molecular weight is 465 g/mol. The van der Waals surface area contributed by atoms with Crippen LogP contribution in [0.4, 0.5) is 5.82 Å². The molecule has 0 saturated heterocycles. The van der Waals surface area contributed by atoms with Gasteiger partial charge in [-0.25, -0.2) is 19.6 Å². The van der Waals surface area contributed by atoms with Crippen LogP contribution in [0.25, 0.3) is 33.3 Å². The molecule has 0 unspecified atom stereocenters. The molecule has 6 aromatic rings. The third-order valence-corrected chi connectivity index (χ3v) is 5.69. The highest BCUT2D eigenvalue weighted by atomic mass is 16.1. The molecule has 0 aliphatic carbocycles. The Morgan fingerprint density at radius 1 is 1.03 bits per heavy atom. The van der Waals surface area contributed by atoms with E-state index in [1.807, 2.05) is 66.2 Å². The van der Waals surface area contributed by atoms with Gasteiger partial charge in [0.25, 0.3) is 5.56 Å². The Balaban J connectivity index is 0.000000211. The van der Waals surface area contributed by atoms with E-state index < -0.39 is 0 Å². The summed E-state index contributed by atoms with van der Waals surface area (Å²) >= 11 is 0. The van der Waals surface area contributed by atoms with Crippen molar-refractivity contribution in [1.29, 1.82) is 0 Å². The summed E-state index contributed by atoms with van der Waals surface area (Å²) in [5.41, 5.74) is 10.5. The van der Waals surface area contributed by atoms with Gasteiger partial charge in [-0.3, -0.25) is 9.36 Å². The summed E-state index contributed by atoms with van der Waals surface area (Å²) in [5, 5.41) is 6.02. The molecule has 6 rings (SSSR count). The van der Waals surface area contributed by atoms with Crippen LogP contribution in [0.5, 0.6) is 0 Å². The summed E-state index contributed by atoms with van der Waals surface area (Å²) in [6, 6.07) is 17.8. The first kappa shape index (κ1) is 22.0. The van der Waals surface area contributed by atoms with Gasteiger partial charge in [-0.05, 0) is 48.6 Å². The zero-order valence-electron chi connectivity index (χ0n) is 19.4. The van der Waals surface area contributed by atoms with Crippen molar-refractivity contribution in [1.82, 2.24) is 34.3 Å². The molecule has 0 aliphatic rings. The molecular weight excluding hydrogens is 440 g/mol. The number of rotatable bonds is 3. The van der Waals surface area contributed by atoms with Crippen LogP contribution in [0.1, 0.15) is 18.2 Å². The summed E-state index contributed by atoms with van der Waals surface area (Å²) in [6.07, 6.45) is 7.45. The number of nitrogens with one attached hydrogen (secondary N) is 1. The Labute approximate surface area is 200 Å². The van der Waals surface area contributed by atoms with Crippen LogP contribution in [-0.4, -0.2) is 34.3 Å². The Morgan fingerprint density at radius 3 is 2.57 bits per heavy atom. The zero-order valence-corrected chi connectivity index (χ0v) is 19.4. The van der Waals surface area contributed by atoms with Crippen molar-refractivity contribution in [2.75, 3.05) is 5.73 Å². The van der Waals surface area contributed by atoms with Gasteiger partial charge in [-0.1, -0.05) is 37.3 Å². The van der Waals surface area contributed by atoms with Crippen LogP contribution in [0.15, 0.2) is 84.4 Å². The smallest absolute Gasteiger partial charge is 0.265 e. The summed E-state index contributed by atoms with van der Waals surface area (Å²) in [4.78, 5) is 27.8. The number of nitrogen functional groups attached to an aromatic ring is 1. The molecule has 9 nitrogen and oxygen atoms in total. The molecule has 0 spiro atoms. The Kier molecular flexibility index (Phi) is 5.80. The number of anilines is 1. The topological polar surface area (TPSA) is 120 Å². The number of aromatic amines is 1. The number of imidazole rings is 1. The van der Waals surface area contributed by atoms with Gasteiger partial charge in [0.15, 0.2) is 11.5 Å². The van der Waals surface area contributed by atoms with Crippen LogP contribution in [0.3, 0.4) is 0 Å². The monoisotopic (exact) mass is 464 g/mol. The molecule has 4 heterocycles. The van der Waals surface area contributed by atoms with Crippen LogP contribution in [0.2, 0.25) is 0 Å². The Bertz CT molecular complexity index is 1680. The number of benzene rings is 2. The maximum Gasteiger partial charge on any atom is 0.265 e. The highest BCUT2D eigenvalue weighted by Crippen LogP contribution is 2.22. The van der Waals surface area contributed by atoms with Gasteiger partial charge in [0.2, 0.25) is 0 Å². The van der Waals surface area contributed by atoms with Crippen molar-refractivity contribution in [2.45, 2.75) is 20.3 Å². The van der Waals surface area contributed by atoms with Crippen LogP contribution in [-0.2, 0) is 6.42 Å². The van der Waals surface area contributed by atoms with Crippen molar-refractivity contribution in [3.63, 3.8) is 0 Å². The lowest BCUT2D eigenvalue weighted by molar-refractivity contribution is 0.869. The largest absolute Gasteiger partial charge is 0.382 e. The standard InChI is InChI=1S/C21H19N3O.C5H5N5/c1-3-17-12-16-8-7-11-19(23-14-15(2)13-22-23)20(16)21(25)24(17)18-9-5-4-6-10-18;6-4-3-5(9-1-7-3)10-2-8-4/h4-14H,3H2,1-2H3;1-2H,(H3,6,7,8,9,10). The molecule has 0 aliphatic heterocycles. The van der Waals surface area contributed by atoms with E-state index >= 15 is 0 Å². The van der Waals surface area contributed by atoms with Crippen molar-refractivity contribution in [2.24, 2.45) is 0 Å². The van der Waals surface area contributed by atoms with E-state index in [2.05, 4.69) is 38.0 Å². The lowest BCUT2D eigenvalue weighted by Crippen LogP contribution is -2.23. The summed E-state index contributed by atoms with van der Waals surface area (Å²) in [6.45, 7) is 4.06. The summed E-state index contributed by atoms with van der Waals surface area (Å²) in [5.74, 6) is 0.433. The predicted molar refractivity (Wildman–Crippen MR) is 137 cm³/mol. The number of H-pyrrole nitrogens is 1. The number of para-hydroxylation sites is 1. The fourth-order valence-electron chi connectivity index (χ4n) is 4.04. The third kappa shape index (κ3) is 4.15. The number of pyridine rings is 1. The number of fused-ring (bicyclic) bond motifs is 2. The maximum atomic E-state index is 13.4. The lowest BCUT2D eigenvalue weighted by Gasteiger charge is -2.15. The molecule has 0 amide bonds. The van der Waals surface area contributed by atoms with Gasteiger partial charge in [0.05, 0.1) is 23.6 Å². The molecule has 3 N–H and O–H groups in total. The molecule has 0 radical (unpaired) electrons. The average Bonchev–Trinajstić information content (AvgIpc) is 3.54. The van der Waals surface area contributed by atoms with Crippen molar-refractivity contribution in [3.05, 3.63) is 101 Å². The number of aromatic nitrogens is 7. The van der Waals surface area contributed by atoms with E-state index in [1.54, 1.807) is 10.9 Å². The SMILES string of the molecule is CCc1cc2cccc(-n3cc(C)cn3)c2c(=O)n1-c1ccccc1.Nc1ncnc2nc[nH]c12. The van der Waals surface area contributed by atoms with E-state index in [9.17, 15) is 4.79 Å². The van der Waals surface area contributed by atoms with Crippen LogP contribution < -0.4 is 11.3 Å². The minimum absolute atomic E-state index is 0.00990. The normalized spacial score (nSPS) is 10.9. The highest BCUT2D eigenvalue weighted by molar-refractivity contribution is 5.90. The molecule has 0 atom stereocenters. The van der Waals surface area contributed by atoms with Crippen LogP contribution in [0, 0.1) is 6.92 Å². The number of hydrogen-bond donors (Lipinski definition) is 2. The molecule has 0 bridgehead atoms. The summed E-state index contributed by atoms with van der Waals surface area (Å²) in [7, 11) is 0. The van der Waals surface area contributed by atoms with Crippen molar-refractivity contribution >= 4 is 27.8 Å². The molecule has 4 aromatic heterocycles. The Morgan fingerprint density at radius 2 is 1.86 bits per heavy atom. The first-order valence-corrected chi connectivity index (χ1v) is 11.2. The van der Waals surface area contributed by atoms with Gasteiger partial charge < -0.3 is 10.7 Å². The number of nitrogens with two attached hydrogens (primary N) is 1. The Hall–Kier alpha value is -4.79. The van der Waals surface area contributed by atoms with Gasteiger partial charge in [0.1, 0.15) is 11.8 Å². The van der Waals surface area contributed by atoms with Gasteiger partial charge in [-0.2, -0.15) is 5.10 Å².